The SMILES string of the molecule is COC(=O)[C@H](C)N(C(=O)[C@@H]1CCCO1)C1CC1. The zero-order chi connectivity index (χ0) is 12.4. The summed E-state index contributed by atoms with van der Waals surface area (Å²) in [6.07, 6.45) is 3.26. The third-order valence-electron chi connectivity index (χ3n) is 3.36. The molecule has 96 valence electrons. The van der Waals surface area contributed by atoms with E-state index in [1.54, 1.807) is 11.8 Å². The summed E-state index contributed by atoms with van der Waals surface area (Å²) in [7, 11) is 1.35. The zero-order valence-electron chi connectivity index (χ0n) is 10.3. The van der Waals surface area contributed by atoms with Gasteiger partial charge in [-0.15, -0.1) is 0 Å². The third-order valence-corrected chi connectivity index (χ3v) is 3.36. The molecule has 17 heavy (non-hydrogen) atoms. The summed E-state index contributed by atoms with van der Waals surface area (Å²) in [4.78, 5) is 25.5. The first-order chi connectivity index (χ1) is 8.15. The Morgan fingerprint density at radius 2 is 2.06 bits per heavy atom. The summed E-state index contributed by atoms with van der Waals surface area (Å²) in [5, 5.41) is 0. The lowest BCUT2D eigenvalue weighted by atomic mass is 10.1. The Bertz CT molecular complexity index is 308. The maximum atomic E-state index is 12.3. The Morgan fingerprint density at radius 3 is 2.53 bits per heavy atom. The molecule has 2 aliphatic rings. The van der Waals surface area contributed by atoms with E-state index in [0.717, 1.165) is 25.7 Å². The fraction of sp³-hybridized carbons (Fsp3) is 0.833. The quantitative estimate of drug-likeness (QED) is 0.680. The molecule has 1 saturated heterocycles. The summed E-state index contributed by atoms with van der Waals surface area (Å²) in [5.41, 5.74) is 0. The lowest BCUT2D eigenvalue weighted by Crippen LogP contribution is -2.49. The van der Waals surface area contributed by atoms with E-state index in [1.807, 2.05) is 0 Å². The number of methoxy groups -OCH3 is 1. The summed E-state index contributed by atoms with van der Waals surface area (Å²) >= 11 is 0. The van der Waals surface area contributed by atoms with Crippen molar-refractivity contribution in [2.45, 2.75) is 50.8 Å². The van der Waals surface area contributed by atoms with Gasteiger partial charge < -0.3 is 14.4 Å². The van der Waals surface area contributed by atoms with Gasteiger partial charge in [-0.1, -0.05) is 0 Å². The van der Waals surface area contributed by atoms with E-state index in [4.69, 9.17) is 9.47 Å². The third kappa shape index (κ3) is 2.60. The van der Waals surface area contributed by atoms with Crippen LogP contribution < -0.4 is 0 Å². The van der Waals surface area contributed by atoms with Crippen molar-refractivity contribution < 1.29 is 19.1 Å². The van der Waals surface area contributed by atoms with Crippen molar-refractivity contribution in [1.29, 1.82) is 0 Å². The second kappa shape index (κ2) is 5.04. The van der Waals surface area contributed by atoms with Gasteiger partial charge in [0.05, 0.1) is 7.11 Å². The van der Waals surface area contributed by atoms with Gasteiger partial charge >= 0.3 is 5.97 Å². The van der Waals surface area contributed by atoms with Crippen LogP contribution in [0.2, 0.25) is 0 Å². The Morgan fingerprint density at radius 1 is 1.35 bits per heavy atom. The average Bonchev–Trinajstić information content (AvgIpc) is 3.00. The monoisotopic (exact) mass is 241 g/mol. The molecule has 1 aliphatic heterocycles. The van der Waals surface area contributed by atoms with Crippen LogP contribution in [0.5, 0.6) is 0 Å². The lowest BCUT2D eigenvalue weighted by Gasteiger charge is -2.29. The van der Waals surface area contributed by atoms with Gasteiger partial charge in [-0.2, -0.15) is 0 Å². The first-order valence-corrected chi connectivity index (χ1v) is 6.16. The molecular weight excluding hydrogens is 222 g/mol. The van der Waals surface area contributed by atoms with Crippen molar-refractivity contribution in [3.8, 4) is 0 Å². The molecule has 1 aliphatic carbocycles. The van der Waals surface area contributed by atoms with Crippen molar-refractivity contribution in [2.24, 2.45) is 0 Å². The molecule has 0 spiro atoms. The van der Waals surface area contributed by atoms with Gasteiger partial charge in [0.25, 0.3) is 5.91 Å². The van der Waals surface area contributed by atoms with Crippen molar-refractivity contribution >= 4 is 11.9 Å². The van der Waals surface area contributed by atoms with Crippen LogP contribution in [-0.4, -0.2) is 48.7 Å². The van der Waals surface area contributed by atoms with Crippen LogP contribution in [-0.2, 0) is 19.1 Å². The van der Waals surface area contributed by atoms with E-state index in [2.05, 4.69) is 0 Å². The van der Waals surface area contributed by atoms with Crippen LogP contribution in [0.25, 0.3) is 0 Å². The van der Waals surface area contributed by atoms with E-state index < -0.39 is 6.04 Å². The standard InChI is InChI=1S/C12H19NO4/c1-8(12(15)16-2)13(9-5-6-9)11(14)10-4-3-7-17-10/h8-10H,3-7H2,1-2H3/t8-,10-/m0/s1. The molecule has 5 nitrogen and oxygen atoms in total. The van der Waals surface area contributed by atoms with Crippen LogP contribution in [0, 0.1) is 0 Å². The molecule has 2 atom stereocenters. The molecule has 0 unspecified atom stereocenters. The molecule has 2 rings (SSSR count). The second-order valence-electron chi connectivity index (χ2n) is 4.68. The number of hydrogen-bond donors (Lipinski definition) is 0. The van der Waals surface area contributed by atoms with Gasteiger partial charge in [-0.05, 0) is 32.6 Å². The Labute approximate surface area is 101 Å². The van der Waals surface area contributed by atoms with Crippen molar-refractivity contribution in [2.75, 3.05) is 13.7 Å². The average molecular weight is 241 g/mol. The van der Waals surface area contributed by atoms with E-state index in [1.165, 1.54) is 7.11 Å². The summed E-state index contributed by atoms with van der Waals surface area (Å²) in [6.45, 7) is 2.36. The van der Waals surface area contributed by atoms with E-state index >= 15 is 0 Å². The van der Waals surface area contributed by atoms with Crippen molar-refractivity contribution in [1.82, 2.24) is 4.90 Å². The number of amides is 1. The van der Waals surface area contributed by atoms with Gasteiger partial charge in [-0.3, -0.25) is 4.79 Å². The minimum atomic E-state index is -0.510. The van der Waals surface area contributed by atoms with E-state index in [0.29, 0.717) is 6.61 Å². The minimum Gasteiger partial charge on any atom is -0.467 e. The van der Waals surface area contributed by atoms with Crippen LogP contribution in [0.3, 0.4) is 0 Å². The summed E-state index contributed by atoms with van der Waals surface area (Å²) in [5.74, 6) is -0.411. The molecule has 0 N–H and O–H groups in total. The lowest BCUT2D eigenvalue weighted by molar-refractivity contribution is -0.156. The second-order valence-corrected chi connectivity index (χ2v) is 4.68. The van der Waals surface area contributed by atoms with Gasteiger partial charge in [0.15, 0.2) is 0 Å². The van der Waals surface area contributed by atoms with E-state index in [9.17, 15) is 9.59 Å². The molecule has 1 saturated carbocycles. The zero-order valence-corrected chi connectivity index (χ0v) is 10.3. The topological polar surface area (TPSA) is 55.8 Å². The molecule has 1 amide bonds. The summed E-state index contributed by atoms with van der Waals surface area (Å²) < 4.78 is 10.1. The maximum Gasteiger partial charge on any atom is 0.328 e. The van der Waals surface area contributed by atoms with Crippen molar-refractivity contribution in [3.63, 3.8) is 0 Å². The normalized spacial score (nSPS) is 25.4. The molecule has 2 fully saturated rings. The van der Waals surface area contributed by atoms with Crippen LogP contribution in [0.1, 0.15) is 32.6 Å². The Hall–Kier alpha value is -1.10. The van der Waals surface area contributed by atoms with Crippen LogP contribution in [0.4, 0.5) is 0 Å². The van der Waals surface area contributed by atoms with Gasteiger partial charge in [0, 0.05) is 12.6 Å². The number of hydrogen-bond acceptors (Lipinski definition) is 4. The molecule has 0 aromatic rings. The fourth-order valence-electron chi connectivity index (χ4n) is 2.26. The number of carbonyl (C=O) groups excluding carboxylic acids is 2. The highest BCUT2D eigenvalue weighted by Crippen LogP contribution is 2.31. The Kier molecular flexibility index (Phi) is 3.66. The number of carbonyl (C=O) groups is 2. The highest BCUT2D eigenvalue weighted by atomic mass is 16.5. The predicted molar refractivity (Wildman–Crippen MR) is 60.3 cm³/mol. The molecule has 1 heterocycles. The predicted octanol–water partition coefficient (Wildman–Crippen LogP) is 0.718. The fourth-order valence-corrected chi connectivity index (χ4v) is 2.26. The largest absolute Gasteiger partial charge is 0.467 e. The highest BCUT2D eigenvalue weighted by Gasteiger charge is 2.42. The van der Waals surface area contributed by atoms with Gasteiger partial charge in [0.1, 0.15) is 12.1 Å². The summed E-state index contributed by atoms with van der Waals surface area (Å²) in [6, 6.07) is -0.315. The molecule has 0 bridgehead atoms. The number of nitrogens with zero attached hydrogens (tertiary/aromatic N) is 1. The first kappa shape index (κ1) is 12.4. The van der Waals surface area contributed by atoms with Crippen LogP contribution in [0.15, 0.2) is 0 Å². The van der Waals surface area contributed by atoms with Gasteiger partial charge in [-0.25, -0.2) is 4.79 Å². The molecule has 0 aromatic carbocycles. The Balaban J connectivity index is 2.05. The molecule has 5 heteroatoms. The molecular formula is C12H19NO4. The smallest absolute Gasteiger partial charge is 0.328 e. The van der Waals surface area contributed by atoms with Gasteiger partial charge in [0.2, 0.25) is 0 Å². The minimum absolute atomic E-state index is 0.0529. The maximum absolute atomic E-state index is 12.3. The number of ether oxygens (including phenoxy) is 2. The number of esters is 1. The highest BCUT2D eigenvalue weighted by molar-refractivity contribution is 5.87. The number of rotatable bonds is 4. The molecule has 0 aromatic heterocycles. The first-order valence-electron chi connectivity index (χ1n) is 6.16. The molecule has 0 radical (unpaired) electrons. The van der Waals surface area contributed by atoms with E-state index in [-0.39, 0.29) is 24.0 Å². The van der Waals surface area contributed by atoms with Crippen LogP contribution >= 0.6 is 0 Å². The van der Waals surface area contributed by atoms with Crippen molar-refractivity contribution in [3.05, 3.63) is 0 Å².